The summed E-state index contributed by atoms with van der Waals surface area (Å²) in [7, 11) is 0. The molecule has 1 saturated heterocycles. The van der Waals surface area contributed by atoms with Crippen molar-refractivity contribution >= 4 is 33.2 Å². The molecular weight excluding hydrogens is 348 g/mol. The number of rotatable bonds is 2. The monoisotopic (exact) mass is 364 g/mol. The van der Waals surface area contributed by atoms with Gasteiger partial charge in [-0.25, -0.2) is 0 Å². The standard InChI is InChI=1S/C17H18BrClN2/c1-12-9-14(18)17(10-15(12)19)21-8-7-20-16(11-21)13-5-3-2-4-6-13/h2-6,9-10,16,20H,7-8,11H2,1H3. The molecule has 4 heteroatoms. The van der Waals surface area contributed by atoms with Crippen molar-refractivity contribution in [3.8, 4) is 0 Å². The molecule has 3 rings (SSSR count). The van der Waals surface area contributed by atoms with Crippen LogP contribution >= 0.6 is 27.5 Å². The molecule has 0 saturated carbocycles. The Balaban J connectivity index is 1.85. The Morgan fingerprint density at radius 2 is 2.00 bits per heavy atom. The molecule has 2 aromatic rings. The number of aryl methyl sites for hydroxylation is 1. The third-order valence-electron chi connectivity index (χ3n) is 3.95. The van der Waals surface area contributed by atoms with Gasteiger partial charge in [0.2, 0.25) is 0 Å². The maximum atomic E-state index is 6.30. The van der Waals surface area contributed by atoms with Crippen LogP contribution in [0.1, 0.15) is 17.2 Å². The molecule has 0 radical (unpaired) electrons. The van der Waals surface area contributed by atoms with E-state index in [2.05, 4.69) is 68.6 Å². The van der Waals surface area contributed by atoms with Crippen molar-refractivity contribution in [3.05, 3.63) is 63.1 Å². The van der Waals surface area contributed by atoms with Crippen LogP contribution in [0.3, 0.4) is 0 Å². The van der Waals surface area contributed by atoms with Gasteiger partial charge in [-0.15, -0.1) is 0 Å². The minimum Gasteiger partial charge on any atom is -0.367 e. The van der Waals surface area contributed by atoms with Gasteiger partial charge in [0.25, 0.3) is 0 Å². The Morgan fingerprint density at radius 1 is 1.24 bits per heavy atom. The molecule has 0 aromatic heterocycles. The second-order valence-corrected chi connectivity index (χ2v) is 6.68. The lowest BCUT2D eigenvalue weighted by atomic mass is 10.0. The van der Waals surface area contributed by atoms with Crippen LogP contribution in [0.2, 0.25) is 5.02 Å². The smallest absolute Gasteiger partial charge is 0.0526 e. The average molecular weight is 366 g/mol. The summed E-state index contributed by atoms with van der Waals surface area (Å²) in [4.78, 5) is 2.39. The van der Waals surface area contributed by atoms with E-state index in [1.165, 1.54) is 11.3 Å². The van der Waals surface area contributed by atoms with Crippen molar-refractivity contribution in [2.45, 2.75) is 13.0 Å². The summed E-state index contributed by atoms with van der Waals surface area (Å²) in [6.45, 7) is 4.93. The molecule has 1 atom stereocenters. The summed E-state index contributed by atoms with van der Waals surface area (Å²) < 4.78 is 1.11. The van der Waals surface area contributed by atoms with E-state index in [9.17, 15) is 0 Å². The Labute approximate surface area is 139 Å². The Bertz CT molecular complexity index is 630. The Morgan fingerprint density at radius 3 is 2.76 bits per heavy atom. The maximum Gasteiger partial charge on any atom is 0.0526 e. The first kappa shape index (κ1) is 14.9. The SMILES string of the molecule is Cc1cc(Br)c(N2CCNC(c3ccccc3)C2)cc1Cl. The van der Waals surface area contributed by atoms with Gasteiger partial charge in [-0.3, -0.25) is 0 Å². The number of hydrogen-bond acceptors (Lipinski definition) is 2. The van der Waals surface area contributed by atoms with Gasteiger partial charge in [0.1, 0.15) is 0 Å². The minimum atomic E-state index is 0.354. The summed E-state index contributed by atoms with van der Waals surface area (Å²) in [5.41, 5.74) is 3.60. The van der Waals surface area contributed by atoms with Crippen LogP contribution in [-0.4, -0.2) is 19.6 Å². The lowest BCUT2D eigenvalue weighted by Gasteiger charge is -2.36. The first-order valence-corrected chi connectivity index (χ1v) is 8.31. The van der Waals surface area contributed by atoms with E-state index in [0.717, 1.165) is 34.7 Å². The average Bonchev–Trinajstić information content (AvgIpc) is 2.52. The first-order chi connectivity index (χ1) is 10.1. The summed E-state index contributed by atoms with van der Waals surface area (Å²) in [5.74, 6) is 0. The Hall–Kier alpha value is -1.03. The lowest BCUT2D eigenvalue weighted by molar-refractivity contribution is 0.471. The molecule has 0 aliphatic carbocycles. The van der Waals surface area contributed by atoms with Crippen LogP contribution < -0.4 is 10.2 Å². The van der Waals surface area contributed by atoms with Crippen LogP contribution in [0, 0.1) is 6.92 Å². The number of nitrogens with one attached hydrogen (secondary N) is 1. The van der Waals surface area contributed by atoms with Crippen molar-refractivity contribution in [1.82, 2.24) is 5.32 Å². The van der Waals surface area contributed by atoms with E-state index in [4.69, 9.17) is 11.6 Å². The molecule has 1 unspecified atom stereocenters. The zero-order valence-corrected chi connectivity index (χ0v) is 14.3. The second-order valence-electron chi connectivity index (χ2n) is 5.42. The number of anilines is 1. The van der Waals surface area contributed by atoms with E-state index < -0.39 is 0 Å². The van der Waals surface area contributed by atoms with E-state index in [1.807, 2.05) is 6.92 Å². The van der Waals surface area contributed by atoms with Gasteiger partial charge in [0.15, 0.2) is 0 Å². The molecular formula is C17H18BrClN2. The summed E-state index contributed by atoms with van der Waals surface area (Å²) in [6.07, 6.45) is 0. The van der Waals surface area contributed by atoms with Gasteiger partial charge in [-0.05, 0) is 46.1 Å². The highest BCUT2D eigenvalue weighted by atomic mass is 79.9. The number of benzene rings is 2. The summed E-state index contributed by atoms with van der Waals surface area (Å²) in [6, 6.07) is 15.1. The first-order valence-electron chi connectivity index (χ1n) is 7.14. The third-order valence-corrected chi connectivity index (χ3v) is 4.99. The van der Waals surface area contributed by atoms with E-state index in [0.29, 0.717) is 6.04 Å². The van der Waals surface area contributed by atoms with Crippen molar-refractivity contribution in [2.75, 3.05) is 24.5 Å². The van der Waals surface area contributed by atoms with Crippen LogP contribution in [0.15, 0.2) is 46.9 Å². The van der Waals surface area contributed by atoms with Gasteiger partial charge in [0.05, 0.1) is 5.69 Å². The summed E-state index contributed by atoms with van der Waals surface area (Å²) in [5, 5.41) is 4.41. The molecule has 2 aromatic carbocycles. The normalized spacial score (nSPS) is 18.8. The minimum absolute atomic E-state index is 0.354. The molecule has 21 heavy (non-hydrogen) atoms. The second kappa shape index (κ2) is 6.39. The van der Waals surface area contributed by atoms with Gasteiger partial charge < -0.3 is 10.2 Å². The number of piperazine rings is 1. The molecule has 2 nitrogen and oxygen atoms in total. The molecule has 1 N–H and O–H groups in total. The molecule has 1 heterocycles. The van der Waals surface area contributed by atoms with Crippen molar-refractivity contribution in [2.24, 2.45) is 0 Å². The molecule has 0 amide bonds. The van der Waals surface area contributed by atoms with Gasteiger partial charge in [-0.1, -0.05) is 41.9 Å². The molecule has 1 fully saturated rings. The van der Waals surface area contributed by atoms with Crippen LogP contribution in [0.5, 0.6) is 0 Å². The largest absolute Gasteiger partial charge is 0.367 e. The van der Waals surface area contributed by atoms with Crippen LogP contribution in [0.25, 0.3) is 0 Å². The van der Waals surface area contributed by atoms with Crippen LogP contribution in [-0.2, 0) is 0 Å². The third kappa shape index (κ3) is 3.25. The number of hydrogen-bond donors (Lipinski definition) is 1. The van der Waals surface area contributed by atoms with Gasteiger partial charge >= 0.3 is 0 Å². The highest BCUT2D eigenvalue weighted by molar-refractivity contribution is 9.10. The number of nitrogens with zero attached hydrogens (tertiary/aromatic N) is 1. The Kier molecular flexibility index (Phi) is 4.53. The predicted molar refractivity (Wildman–Crippen MR) is 93.3 cm³/mol. The number of halogens is 2. The van der Waals surface area contributed by atoms with Gasteiger partial charge in [-0.2, -0.15) is 0 Å². The zero-order chi connectivity index (χ0) is 14.8. The molecule has 0 spiro atoms. The van der Waals surface area contributed by atoms with E-state index >= 15 is 0 Å². The van der Waals surface area contributed by atoms with Crippen molar-refractivity contribution < 1.29 is 0 Å². The zero-order valence-electron chi connectivity index (χ0n) is 11.9. The van der Waals surface area contributed by atoms with Crippen molar-refractivity contribution in [3.63, 3.8) is 0 Å². The predicted octanol–water partition coefficient (Wildman–Crippen LogP) is 4.56. The van der Waals surface area contributed by atoms with Crippen LogP contribution in [0.4, 0.5) is 5.69 Å². The molecule has 1 aliphatic rings. The topological polar surface area (TPSA) is 15.3 Å². The molecule has 110 valence electrons. The highest BCUT2D eigenvalue weighted by Gasteiger charge is 2.22. The highest BCUT2D eigenvalue weighted by Crippen LogP contribution is 2.33. The summed E-state index contributed by atoms with van der Waals surface area (Å²) >= 11 is 9.97. The fraction of sp³-hybridized carbons (Fsp3) is 0.294. The fourth-order valence-corrected chi connectivity index (χ4v) is 3.62. The van der Waals surface area contributed by atoms with Crippen molar-refractivity contribution in [1.29, 1.82) is 0 Å². The quantitative estimate of drug-likeness (QED) is 0.839. The van der Waals surface area contributed by atoms with E-state index in [1.54, 1.807) is 0 Å². The fourth-order valence-electron chi connectivity index (χ4n) is 2.76. The lowest BCUT2D eigenvalue weighted by Crippen LogP contribution is -2.46. The van der Waals surface area contributed by atoms with E-state index in [-0.39, 0.29) is 0 Å². The molecule has 1 aliphatic heterocycles. The van der Waals surface area contributed by atoms with Gasteiger partial charge in [0, 0.05) is 35.2 Å². The maximum absolute atomic E-state index is 6.30. The molecule has 0 bridgehead atoms.